The van der Waals surface area contributed by atoms with Gasteiger partial charge < -0.3 is 9.84 Å². The number of aromatic nitrogens is 3. The van der Waals surface area contributed by atoms with Gasteiger partial charge in [0, 0.05) is 6.07 Å². The molecule has 152 valence electrons. The lowest BCUT2D eigenvalue weighted by atomic mass is 10.1. The number of anilines is 2. The maximum Gasteiger partial charge on any atom is 0.418 e. The van der Waals surface area contributed by atoms with Crippen LogP contribution >= 0.6 is 23.1 Å². The molecule has 0 spiro atoms. The first-order chi connectivity index (χ1) is 13.7. The zero-order valence-electron chi connectivity index (χ0n) is 14.6. The van der Waals surface area contributed by atoms with E-state index in [0.717, 1.165) is 29.2 Å². The van der Waals surface area contributed by atoms with Gasteiger partial charge in [-0.2, -0.15) is 13.2 Å². The van der Waals surface area contributed by atoms with Gasteiger partial charge in [-0.25, -0.2) is 0 Å². The SMILES string of the molecule is Cc1cc(C(=O)Nc2nnc(SCC(=O)Nc3ccccc3C(F)(F)F)s2)no1. The minimum atomic E-state index is -4.58. The van der Waals surface area contributed by atoms with Gasteiger partial charge in [-0.3, -0.25) is 14.9 Å². The van der Waals surface area contributed by atoms with Gasteiger partial charge in [0.1, 0.15) is 5.76 Å². The van der Waals surface area contributed by atoms with Crippen molar-refractivity contribution in [2.24, 2.45) is 0 Å². The average molecular weight is 443 g/mol. The van der Waals surface area contributed by atoms with E-state index in [1.807, 2.05) is 0 Å². The molecule has 0 aliphatic rings. The minimum absolute atomic E-state index is 0.0783. The lowest BCUT2D eigenvalue weighted by molar-refractivity contribution is -0.137. The molecule has 2 amide bonds. The predicted molar refractivity (Wildman–Crippen MR) is 99.9 cm³/mol. The largest absolute Gasteiger partial charge is 0.418 e. The number of nitrogens with one attached hydrogen (secondary N) is 2. The number of para-hydroxylation sites is 1. The Bertz CT molecular complexity index is 1030. The van der Waals surface area contributed by atoms with E-state index in [9.17, 15) is 22.8 Å². The van der Waals surface area contributed by atoms with E-state index in [-0.39, 0.29) is 22.3 Å². The van der Waals surface area contributed by atoms with Crippen molar-refractivity contribution in [3.8, 4) is 0 Å². The van der Waals surface area contributed by atoms with E-state index in [1.54, 1.807) is 6.92 Å². The lowest BCUT2D eigenvalue weighted by Crippen LogP contribution is -2.18. The van der Waals surface area contributed by atoms with Crippen molar-refractivity contribution in [1.82, 2.24) is 15.4 Å². The van der Waals surface area contributed by atoms with Crippen molar-refractivity contribution < 1.29 is 27.3 Å². The van der Waals surface area contributed by atoms with Crippen LogP contribution in [-0.2, 0) is 11.0 Å². The molecule has 2 heterocycles. The van der Waals surface area contributed by atoms with Crippen LogP contribution in [0.5, 0.6) is 0 Å². The summed E-state index contributed by atoms with van der Waals surface area (Å²) in [5, 5.41) is 16.1. The van der Waals surface area contributed by atoms with E-state index >= 15 is 0 Å². The minimum Gasteiger partial charge on any atom is -0.361 e. The fourth-order valence-corrected chi connectivity index (χ4v) is 3.65. The first-order valence-corrected chi connectivity index (χ1v) is 9.69. The van der Waals surface area contributed by atoms with Crippen molar-refractivity contribution >= 4 is 45.7 Å². The van der Waals surface area contributed by atoms with E-state index in [0.29, 0.717) is 10.1 Å². The number of alkyl halides is 3. The fourth-order valence-electron chi connectivity index (χ4n) is 2.11. The maximum atomic E-state index is 13.0. The second-order valence-corrected chi connectivity index (χ2v) is 7.73. The number of carbonyl (C=O) groups is 2. The molecule has 0 saturated carbocycles. The van der Waals surface area contributed by atoms with Crippen LogP contribution in [0.25, 0.3) is 0 Å². The van der Waals surface area contributed by atoms with Gasteiger partial charge in [0.2, 0.25) is 11.0 Å². The van der Waals surface area contributed by atoms with Gasteiger partial charge in [0.05, 0.1) is 17.0 Å². The van der Waals surface area contributed by atoms with Crippen LogP contribution in [0, 0.1) is 6.92 Å². The van der Waals surface area contributed by atoms with E-state index in [4.69, 9.17) is 4.52 Å². The van der Waals surface area contributed by atoms with Crippen molar-refractivity contribution in [2.45, 2.75) is 17.4 Å². The van der Waals surface area contributed by atoms with Gasteiger partial charge in [-0.1, -0.05) is 40.4 Å². The Morgan fingerprint density at radius 2 is 1.97 bits per heavy atom. The number of benzene rings is 1. The number of halogens is 3. The molecule has 0 unspecified atom stereocenters. The van der Waals surface area contributed by atoms with Crippen molar-refractivity contribution in [3.63, 3.8) is 0 Å². The molecule has 0 radical (unpaired) electrons. The van der Waals surface area contributed by atoms with Crippen molar-refractivity contribution in [1.29, 1.82) is 0 Å². The molecule has 1 aromatic carbocycles. The topological polar surface area (TPSA) is 110 Å². The summed E-state index contributed by atoms with van der Waals surface area (Å²) in [6.07, 6.45) is -4.58. The maximum absolute atomic E-state index is 13.0. The Balaban J connectivity index is 1.55. The highest BCUT2D eigenvalue weighted by Crippen LogP contribution is 2.34. The van der Waals surface area contributed by atoms with E-state index in [1.165, 1.54) is 24.3 Å². The number of nitrogens with zero attached hydrogens (tertiary/aromatic N) is 3. The first-order valence-electron chi connectivity index (χ1n) is 7.89. The highest BCUT2D eigenvalue weighted by Gasteiger charge is 2.33. The molecular formula is C16H12F3N5O3S2. The van der Waals surface area contributed by atoms with Crippen molar-refractivity contribution in [2.75, 3.05) is 16.4 Å². The number of rotatable bonds is 6. The van der Waals surface area contributed by atoms with Crippen LogP contribution in [0.3, 0.4) is 0 Å². The molecule has 2 N–H and O–H groups in total. The molecule has 8 nitrogen and oxygen atoms in total. The Kier molecular flexibility index (Phi) is 6.17. The van der Waals surface area contributed by atoms with Gasteiger partial charge in [-0.15, -0.1) is 10.2 Å². The molecule has 0 aliphatic carbocycles. The van der Waals surface area contributed by atoms with Crippen molar-refractivity contribution in [3.05, 3.63) is 47.3 Å². The molecule has 0 atom stereocenters. The Hall–Kier alpha value is -2.93. The van der Waals surface area contributed by atoms with Gasteiger partial charge >= 0.3 is 6.18 Å². The number of hydrogen-bond acceptors (Lipinski definition) is 8. The smallest absolute Gasteiger partial charge is 0.361 e. The Morgan fingerprint density at radius 3 is 2.66 bits per heavy atom. The molecule has 0 bridgehead atoms. The van der Waals surface area contributed by atoms with Gasteiger partial charge in [0.15, 0.2) is 10.0 Å². The summed E-state index contributed by atoms with van der Waals surface area (Å²) in [4.78, 5) is 24.0. The quantitative estimate of drug-likeness (QED) is 0.440. The highest BCUT2D eigenvalue weighted by molar-refractivity contribution is 8.01. The van der Waals surface area contributed by atoms with Crippen LogP contribution in [0.4, 0.5) is 24.0 Å². The zero-order valence-corrected chi connectivity index (χ0v) is 16.2. The molecule has 3 rings (SSSR count). The predicted octanol–water partition coefficient (Wildman–Crippen LogP) is 3.84. The van der Waals surface area contributed by atoms with Crippen LogP contribution < -0.4 is 10.6 Å². The second kappa shape index (κ2) is 8.61. The van der Waals surface area contributed by atoms with E-state index in [2.05, 4.69) is 26.0 Å². The summed E-state index contributed by atoms with van der Waals surface area (Å²) in [6, 6.07) is 6.16. The summed E-state index contributed by atoms with van der Waals surface area (Å²) in [5.41, 5.74) is -1.17. The Labute approximate surface area is 169 Å². The number of carbonyl (C=O) groups excluding carboxylic acids is 2. The molecule has 0 aliphatic heterocycles. The molecule has 13 heteroatoms. The summed E-state index contributed by atoms with van der Waals surface area (Å²) in [7, 11) is 0. The Morgan fingerprint density at radius 1 is 1.21 bits per heavy atom. The average Bonchev–Trinajstić information content (AvgIpc) is 3.28. The molecule has 0 saturated heterocycles. The van der Waals surface area contributed by atoms with Crippen LogP contribution in [0.2, 0.25) is 0 Å². The van der Waals surface area contributed by atoms with Gasteiger partial charge in [-0.05, 0) is 19.1 Å². The molecule has 3 aromatic rings. The second-order valence-electron chi connectivity index (χ2n) is 5.53. The van der Waals surface area contributed by atoms with E-state index < -0.39 is 23.6 Å². The number of hydrogen-bond donors (Lipinski definition) is 2. The molecule has 2 aromatic heterocycles. The number of amides is 2. The summed E-state index contributed by atoms with van der Waals surface area (Å²) < 4.78 is 44.1. The summed E-state index contributed by atoms with van der Waals surface area (Å²) in [5.74, 6) is -0.875. The monoisotopic (exact) mass is 443 g/mol. The third kappa shape index (κ3) is 5.54. The summed E-state index contributed by atoms with van der Waals surface area (Å²) in [6.45, 7) is 1.64. The number of aryl methyl sites for hydroxylation is 1. The van der Waals surface area contributed by atoms with Crippen LogP contribution in [0.1, 0.15) is 21.8 Å². The van der Waals surface area contributed by atoms with Crippen LogP contribution in [-0.4, -0.2) is 32.9 Å². The third-order valence-corrected chi connectivity index (χ3v) is 5.29. The number of thioether (sulfide) groups is 1. The fraction of sp³-hybridized carbons (Fsp3) is 0.188. The molecule has 0 fully saturated rings. The van der Waals surface area contributed by atoms with Gasteiger partial charge in [0.25, 0.3) is 5.91 Å². The zero-order chi connectivity index (χ0) is 21.0. The molecule has 29 heavy (non-hydrogen) atoms. The first kappa shape index (κ1) is 20.8. The lowest BCUT2D eigenvalue weighted by Gasteiger charge is -2.13. The normalized spacial score (nSPS) is 11.3. The standard InChI is InChI=1S/C16H12F3N5O3S2/c1-8-6-11(24-27-8)13(26)21-14-22-23-15(29-14)28-7-12(25)20-10-5-3-2-4-9(10)16(17,18)19/h2-6H,7H2,1H3,(H,20,25)(H,21,22,26). The molecular weight excluding hydrogens is 431 g/mol. The highest BCUT2D eigenvalue weighted by atomic mass is 32.2. The summed E-state index contributed by atoms with van der Waals surface area (Å²) >= 11 is 1.98. The third-order valence-electron chi connectivity index (χ3n) is 3.32. The van der Waals surface area contributed by atoms with Crippen LogP contribution in [0.15, 0.2) is 39.2 Å².